The largest absolute Gasteiger partial charge is 0.453 e. The maximum absolute atomic E-state index is 15.4. The summed E-state index contributed by atoms with van der Waals surface area (Å²) >= 11 is 6.61. The van der Waals surface area contributed by atoms with Gasteiger partial charge in [-0.25, -0.2) is 27.3 Å². The molecular formula is C38H32ClF6N7O4. The molecule has 11 nitrogen and oxygen atoms in total. The minimum atomic E-state index is -3.49. The van der Waals surface area contributed by atoms with E-state index in [0.717, 1.165) is 19.2 Å². The van der Waals surface area contributed by atoms with Crippen molar-refractivity contribution in [2.75, 3.05) is 12.4 Å². The fourth-order valence-electron chi connectivity index (χ4n) is 7.22. The van der Waals surface area contributed by atoms with Crippen LogP contribution in [0.15, 0.2) is 42.5 Å². The Morgan fingerprint density at radius 1 is 1.09 bits per heavy atom. The van der Waals surface area contributed by atoms with Crippen LogP contribution in [0.25, 0.3) is 22.0 Å². The number of nitrogens with one attached hydrogen (secondary N) is 2. The summed E-state index contributed by atoms with van der Waals surface area (Å²) in [7, 11) is 2.74. The average molecular weight is 800 g/mol. The van der Waals surface area contributed by atoms with E-state index in [1.54, 1.807) is 19.2 Å². The molecular weight excluding hydrogens is 768 g/mol. The Bertz CT molecular complexity index is 2470. The molecule has 0 radical (unpaired) electrons. The number of aliphatic hydroxyl groups is 1. The number of amides is 2. The number of ether oxygens (including phenoxy) is 1. The molecule has 0 aliphatic heterocycles. The highest BCUT2D eigenvalue weighted by Gasteiger charge is 2.67. The van der Waals surface area contributed by atoms with Gasteiger partial charge in [0.05, 0.1) is 34.8 Å². The van der Waals surface area contributed by atoms with Gasteiger partial charge in [-0.1, -0.05) is 23.6 Å². The third-order valence-electron chi connectivity index (χ3n) is 9.54. The van der Waals surface area contributed by atoms with Crippen molar-refractivity contribution in [3.05, 3.63) is 93.0 Å². The zero-order valence-electron chi connectivity index (χ0n) is 30.0. The van der Waals surface area contributed by atoms with Crippen LogP contribution in [0.3, 0.4) is 0 Å². The van der Waals surface area contributed by atoms with Crippen molar-refractivity contribution in [1.29, 1.82) is 0 Å². The summed E-state index contributed by atoms with van der Waals surface area (Å²) in [6, 6.07) is 7.69. The smallest absolute Gasteiger partial charge is 0.412 e. The number of halogens is 7. The highest BCUT2D eigenvalue weighted by molar-refractivity contribution is 6.37. The van der Waals surface area contributed by atoms with Gasteiger partial charge in [-0.15, -0.1) is 0 Å². The molecule has 56 heavy (non-hydrogen) atoms. The summed E-state index contributed by atoms with van der Waals surface area (Å²) < 4.78 is 94.6. The first-order valence-corrected chi connectivity index (χ1v) is 17.5. The van der Waals surface area contributed by atoms with E-state index in [9.17, 15) is 32.3 Å². The van der Waals surface area contributed by atoms with Gasteiger partial charge in [0, 0.05) is 35.7 Å². The third kappa shape index (κ3) is 7.26. The lowest BCUT2D eigenvalue weighted by atomic mass is 9.93. The monoisotopic (exact) mass is 799 g/mol. The molecule has 2 aliphatic carbocycles. The molecule has 292 valence electrons. The molecule has 2 amide bonds. The molecule has 1 fully saturated rings. The Balaban J connectivity index is 1.38. The molecule has 5 aromatic rings. The third-order valence-corrected chi connectivity index (χ3v) is 9.86. The summed E-state index contributed by atoms with van der Waals surface area (Å²) in [6.07, 6.45) is -4.28. The van der Waals surface area contributed by atoms with Gasteiger partial charge in [0.1, 0.15) is 40.9 Å². The van der Waals surface area contributed by atoms with Gasteiger partial charge in [-0.05, 0) is 74.4 Å². The van der Waals surface area contributed by atoms with Crippen molar-refractivity contribution < 1.29 is 45.8 Å². The number of hydrogen-bond acceptors (Lipinski definition) is 7. The second-order valence-electron chi connectivity index (χ2n) is 14.1. The summed E-state index contributed by atoms with van der Waals surface area (Å²) in [5, 5.41) is 24.2. The van der Waals surface area contributed by atoms with E-state index in [4.69, 9.17) is 21.3 Å². The number of fused-ring (bicyclic) bond motifs is 4. The number of aromatic nitrogens is 5. The number of anilines is 1. The standard InChI is InChI=1S/C38H32ClF6N7O4/c1-37(2,55)10-9-20-5-6-21(22-7-8-25(39)29-32(22)51(3)50-35(29)48-36(54)56-4)30(46-20)26(13-17-11-18(40)14-19(41)12-17)47-27(53)16-52-33-28(31(49-52)34(42)43)23-15-24(23)38(33,44)45/h5-8,11-12,14,23-24,26,34,55H,13,15-16H2,1-4H3,(H,47,53)(H,48,50,54)/t23-,24?,26-/m0/s1. The molecule has 2 aliphatic rings. The number of pyridine rings is 1. The molecule has 1 unspecified atom stereocenters. The number of aryl methyl sites for hydroxylation is 1. The van der Waals surface area contributed by atoms with E-state index in [1.807, 2.05) is 0 Å². The normalized spacial score (nSPS) is 17.2. The molecule has 3 aromatic heterocycles. The van der Waals surface area contributed by atoms with Crippen molar-refractivity contribution in [1.82, 2.24) is 29.9 Å². The van der Waals surface area contributed by atoms with Gasteiger partial charge in [-0.2, -0.15) is 19.0 Å². The number of hydrogen-bond donors (Lipinski definition) is 3. The predicted molar refractivity (Wildman–Crippen MR) is 191 cm³/mol. The van der Waals surface area contributed by atoms with Crippen LogP contribution in [0.1, 0.15) is 72.6 Å². The summed E-state index contributed by atoms with van der Waals surface area (Å²) in [5.41, 5.74) is -1.95. The molecule has 3 atom stereocenters. The molecule has 7 rings (SSSR count). The summed E-state index contributed by atoms with van der Waals surface area (Å²) in [5.74, 6) is -2.77. The second-order valence-corrected chi connectivity index (χ2v) is 14.5. The zero-order chi connectivity index (χ0) is 40.4. The Morgan fingerprint density at radius 2 is 1.79 bits per heavy atom. The molecule has 1 saturated carbocycles. The number of benzene rings is 2. The van der Waals surface area contributed by atoms with E-state index in [-0.39, 0.29) is 46.2 Å². The highest BCUT2D eigenvalue weighted by atomic mass is 35.5. The van der Waals surface area contributed by atoms with Crippen LogP contribution in [-0.4, -0.2) is 54.4 Å². The van der Waals surface area contributed by atoms with Gasteiger partial charge < -0.3 is 15.2 Å². The molecule has 2 aromatic carbocycles. The van der Waals surface area contributed by atoms with Crippen molar-refractivity contribution in [3.63, 3.8) is 0 Å². The predicted octanol–water partition coefficient (Wildman–Crippen LogP) is 7.31. The first kappa shape index (κ1) is 38.7. The van der Waals surface area contributed by atoms with Crippen LogP contribution >= 0.6 is 11.6 Å². The SMILES string of the molecule is COC(=O)Nc1nn(C)c2c(-c3ccc(C#CC(C)(C)O)nc3[C@H](Cc3cc(F)cc(F)c3)NC(=O)Cn3nc(C(F)F)c4c3C(F)(F)C3C[C@H]43)ccc(Cl)c12. The fraction of sp³-hybridized carbons (Fsp3) is 0.342. The van der Waals surface area contributed by atoms with Crippen LogP contribution in [0.5, 0.6) is 0 Å². The van der Waals surface area contributed by atoms with Crippen LogP contribution < -0.4 is 10.6 Å². The van der Waals surface area contributed by atoms with E-state index < -0.39 is 77.4 Å². The molecule has 0 bridgehead atoms. The number of rotatable bonds is 9. The maximum atomic E-state index is 15.4. The molecule has 18 heteroatoms. The quantitative estimate of drug-likeness (QED) is 0.105. The number of alkyl halides is 4. The van der Waals surface area contributed by atoms with Gasteiger partial charge in [-0.3, -0.25) is 19.5 Å². The number of methoxy groups -OCH3 is 1. The number of carbonyl (C=O) groups is 2. The maximum Gasteiger partial charge on any atom is 0.412 e. The lowest BCUT2D eigenvalue weighted by Gasteiger charge is -2.23. The van der Waals surface area contributed by atoms with Gasteiger partial charge in [0.15, 0.2) is 5.82 Å². The van der Waals surface area contributed by atoms with Crippen molar-refractivity contribution in [3.8, 4) is 23.0 Å². The first-order valence-electron chi connectivity index (χ1n) is 17.1. The molecule has 0 saturated heterocycles. The van der Waals surface area contributed by atoms with E-state index in [2.05, 4.69) is 32.7 Å². The van der Waals surface area contributed by atoms with Crippen LogP contribution in [0.4, 0.5) is 37.0 Å². The molecule has 3 N–H and O–H groups in total. The van der Waals surface area contributed by atoms with Gasteiger partial charge in [0.2, 0.25) is 5.91 Å². The minimum absolute atomic E-state index is 0.0277. The highest BCUT2D eigenvalue weighted by Crippen LogP contribution is 2.68. The lowest BCUT2D eigenvalue weighted by Crippen LogP contribution is -2.35. The number of carbonyl (C=O) groups excluding carboxylic acids is 2. The van der Waals surface area contributed by atoms with Crippen LogP contribution in [-0.2, 0) is 35.5 Å². The topological polar surface area (TPSA) is 136 Å². The van der Waals surface area contributed by atoms with Crippen LogP contribution in [0.2, 0.25) is 5.02 Å². The Kier molecular flexibility index (Phi) is 9.78. The van der Waals surface area contributed by atoms with E-state index in [1.165, 1.54) is 30.7 Å². The molecule has 0 spiro atoms. The Hall–Kier alpha value is -5.60. The second kappa shape index (κ2) is 14.2. The zero-order valence-corrected chi connectivity index (χ0v) is 30.8. The van der Waals surface area contributed by atoms with Crippen molar-refractivity contribution >= 4 is 40.3 Å². The Labute approximate surface area is 320 Å². The summed E-state index contributed by atoms with van der Waals surface area (Å²) in [4.78, 5) is 30.8. The summed E-state index contributed by atoms with van der Waals surface area (Å²) in [6.45, 7) is 1.99. The van der Waals surface area contributed by atoms with Gasteiger partial charge >= 0.3 is 6.09 Å². The van der Waals surface area contributed by atoms with Crippen molar-refractivity contribution in [2.24, 2.45) is 13.0 Å². The fourth-order valence-corrected chi connectivity index (χ4v) is 7.46. The van der Waals surface area contributed by atoms with Crippen molar-refractivity contribution in [2.45, 2.75) is 63.1 Å². The van der Waals surface area contributed by atoms with E-state index >= 15 is 8.78 Å². The molecule has 3 heterocycles. The Morgan fingerprint density at radius 3 is 2.45 bits per heavy atom. The first-order chi connectivity index (χ1) is 26.4. The van der Waals surface area contributed by atoms with Gasteiger partial charge in [0.25, 0.3) is 12.3 Å². The minimum Gasteiger partial charge on any atom is -0.453 e. The number of nitrogens with zero attached hydrogens (tertiary/aromatic N) is 5. The van der Waals surface area contributed by atoms with Crippen LogP contribution in [0, 0.1) is 29.4 Å². The van der Waals surface area contributed by atoms with E-state index in [0.29, 0.717) is 32.8 Å². The average Bonchev–Trinajstić information content (AvgIpc) is 3.65. The lowest BCUT2D eigenvalue weighted by molar-refractivity contribution is -0.123.